The van der Waals surface area contributed by atoms with Gasteiger partial charge in [-0.15, -0.1) is 0 Å². The zero-order valence-electron chi connectivity index (χ0n) is 28.7. The monoisotopic (exact) mass is 714 g/mol. The number of nitrogens with zero attached hydrogens (tertiary/aromatic N) is 2. The molecule has 3 heterocycles. The van der Waals surface area contributed by atoms with Gasteiger partial charge in [0.1, 0.15) is 5.78 Å². The van der Waals surface area contributed by atoms with Crippen molar-refractivity contribution in [1.29, 1.82) is 0 Å². The highest BCUT2D eigenvalue weighted by Crippen LogP contribution is 2.42. The number of ether oxygens (including phenoxy) is 2. The van der Waals surface area contributed by atoms with Gasteiger partial charge in [-0.2, -0.15) is 0 Å². The normalized spacial score (nSPS) is 17.3. The van der Waals surface area contributed by atoms with Crippen LogP contribution in [0.1, 0.15) is 68.9 Å². The molecule has 4 aromatic rings. The van der Waals surface area contributed by atoms with Gasteiger partial charge >= 0.3 is 0 Å². The number of Topliss-reactive ketones (excluding diaryl/α,β-unsaturated/α-hetero) is 1. The molecule has 0 bridgehead atoms. The number of halogens is 2. The molecule has 2 fully saturated rings. The summed E-state index contributed by atoms with van der Waals surface area (Å²) >= 11 is 14.2. The van der Waals surface area contributed by atoms with E-state index in [9.17, 15) is 9.59 Å². The molecule has 2 aromatic heterocycles. The van der Waals surface area contributed by atoms with Gasteiger partial charge in [0.15, 0.2) is 0 Å². The van der Waals surface area contributed by atoms with E-state index in [-0.39, 0.29) is 11.9 Å². The third-order valence-electron chi connectivity index (χ3n) is 9.83. The number of nitrogens with one attached hydrogen (secondary N) is 2. The molecule has 2 atom stereocenters. The van der Waals surface area contributed by atoms with E-state index in [0.29, 0.717) is 52.2 Å². The maximum Gasteiger partial charge on any atom is 0.220 e. The van der Waals surface area contributed by atoms with Gasteiger partial charge in [0.25, 0.3) is 0 Å². The van der Waals surface area contributed by atoms with E-state index in [1.165, 1.54) is 0 Å². The van der Waals surface area contributed by atoms with Crippen LogP contribution in [-0.2, 0) is 22.6 Å². The summed E-state index contributed by atoms with van der Waals surface area (Å²) < 4.78 is 11.4. The van der Waals surface area contributed by atoms with E-state index in [1.807, 2.05) is 54.6 Å². The summed E-state index contributed by atoms with van der Waals surface area (Å²) in [5.41, 5.74) is 6.54. The van der Waals surface area contributed by atoms with Crippen molar-refractivity contribution >= 4 is 34.9 Å². The fraction of sp³-hybridized carbons (Fsp3) is 0.400. The van der Waals surface area contributed by atoms with Crippen molar-refractivity contribution in [2.24, 2.45) is 5.92 Å². The average molecular weight is 716 g/mol. The first kappa shape index (κ1) is 35.8. The maximum absolute atomic E-state index is 11.6. The molecule has 50 heavy (non-hydrogen) atoms. The van der Waals surface area contributed by atoms with Crippen molar-refractivity contribution in [2.75, 3.05) is 20.8 Å². The van der Waals surface area contributed by atoms with Crippen molar-refractivity contribution in [3.8, 4) is 45.4 Å². The van der Waals surface area contributed by atoms with E-state index < -0.39 is 0 Å². The number of methoxy groups -OCH3 is 2. The zero-order chi connectivity index (χ0) is 35.0. The summed E-state index contributed by atoms with van der Waals surface area (Å²) in [6.45, 7) is 1.37. The summed E-state index contributed by atoms with van der Waals surface area (Å²) in [4.78, 5) is 32.7. The molecule has 10 heteroatoms. The summed E-state index contributed by atoms with van der Waals surface area (Å²) in [6.07, 6.45) is 8.99. The van der Waals surface area contributed by atoms with E-state index in [4.69, 9.17) is 42.6 Å². The Balaban J connectivity index is 1.16. The van der Waals surface area contributed by atoms with Gasteiger partial charge in [-0.3, -0.25) is 9.59 Å². The van der Waals surface area contributed by atoms with E-state index in [1.54, 1.807) is 14.2 Å². The van der Waals surface area contributed by atoms with Gasteiger partial charge in [0, 0.05) is 65.2 Å². The second-order valence-corrected chi connectivity index (χ2v) is 14.0. The number of carbonyl (C=O) groups excluding carboxylic acids is 2. The van der Waals surface area contributed by atoms with Crippen molar-refractivity contribution in [3.63, 3.8) is 0 Å². The molecule has 6 rings (SSSR count). The Morgan fingerprint density at radius 2 is 1.38 bits per heavy atom. The number of benzene rings is 2. The Morgan fingerprint density at radius 3 is 1.96 bits per heavy atom. The van der Waals surface area contributed by atoms with Gasteiger partial charge in [-0.1, -0.05) is 78.2 Å². The van der Waals surface area contributed by atoms with Crippen molar-refractivity contribution < 1.29 is 19.1 Å². The molecule has 0 radical (unpaired) electrons. The number of hydrogen-bond donors (Lipinski definition) is 2. The summed E-state index contributed by atoms with van der Waals surface area (Å²) in [5, 5.41) is 7.53. The zero-order valence-corrected chi connectivity index (χ0v) is 30.2. The third-order valence-corrected chi connectivity index (χ3v) is 10.6. The first-order valence-corrected chi connectivity index (χ1v) is 18.3. The molecule has 1 amide bonds. The van der Waals surface area contributed by atoms with Crippen molar-refractivity contribution in [3.05, 3.63) is 81.8 Å². The number of rotatable bonds is 15. The van der Waals surface area contributed by atoms with E-state index in [0.717, 1.165) is 103 Å². The Kier molecular flexibility index (Phi) is 12.1. The van der Waals surface area contributed by atoms with Gasteiger partial charge in [0.2, 0.25) is 17.7 Å². The van der Waals surface area contributed by atoms with Crippen LogP contribution in [0.25, 0.3) is 33.6 Å². The Hall–Kier alpha value is -3.98. The minimum Gasteiger partial charge on any atom is -0.481 e. The SMILES string of the molecule is COc1nc(-c2cccc(-c3cccc(-c4ccc(CNCC[C@@H]5CCC(=O)N5)c(OC)n4)c3Cl)c2Cl)ccc1CCCC[C@@H]1CCC(=O)C1. The molecule has 1 saturated carbocycles. The molecule has 2 aliphatic rings. The number of amides is 1. The van der Waals surface area contributed by atoms with Crippen LogP contribution in [0.4, 0.5) is 0 Å². The number of hydrogen-bond acceptors (Lipinski definition) is 7. The van der Waals surface area contributed by atoms with Gasteiger partial charge in [0.05, 0.1) is 35.7 Å². The van der Waals surface area contributed by atoms with Crippen molar-refractivity contribution in [2.45, 2.75) is 76.8 Å². The largest absolute Gasteiger partial charge is 0.481 e. The highest BCUT2D eigenvalue weighted by Gasteiger charge is 2.22. The Morgan fingerprint density at radius 1 is 0.760 bits per heavy atom. The highest BCUT2D eigenvalue weighted by atomic mass is 35.5. The summed E-state index contributed by atoms with van der Waals surface area (Å²) in [5.74, 6) is 2.21. The number of unbranched alkanes of at least 4 members (excludes halogenated alkanes) is 1. The molecule has 0 unspecified atom stereocenters. The minimum absolute atomic E-state index is 0.134. The predicted molar refractivity (Wildman–Crippen MR) is 199 cm³/mol. The molecular formula is C40H44Cl2N4O4. The Bertz CT molecular complexity index is 1720. The second-order valence-electron chi connectivity index (χ2n) is 13.2. The first-order chi connectivity index (χ1) is 24.3. The topological polar surface area (TPSA) is 102 Å². The van der Waals surface area contributed by atoms with Gasteiger partial charge < -0.3 is 20.1 Å². The molecule has 1 aliphatic carbocycles. The molecule has 2 N–H and O–H groups in total. The fourth-order valence-electron chi connectivity index (χ4n) is 7.07. The lowest BCUT2D eigenvalue weighted by Crippen LogP contribution is -2.29. The lowest BCUT2D eigenvalue weighted by Gasteiger charge is -2.16. The number of aryl methyl sites for hydroxylation is 1. The number of aromatic nitrogens is 2. The van der Waals surface area contributed by atoms with Crippen LogP contribution in [0.3, 0.4) is 0 Å². The van der Waals surface area contributed by atoms with Crippen molar-refractivity contribution in [1.82, 2.24) is 20.6 Å². The van der Waals surface area contributed by atoms with Crippen LogP contribution in [0.5, 0.6) is 11.8 Å². The fourth-order valence-corrected chi connectivity index (χ4v) is 7.72. The quantitative estimate of drug-likeness (QED) is 0.119. The molecular weight excluding hydrogens is 671 g/mol. The van der Waals surface area contributed by atoms with Gasteiger partial charge in [-0.05, 0) is 63.1 Å². The van der Waals surface area contributed by atoms with Crippen LogP contribution in [0.2, 0.25) is 10.0 Å². The number of pyridine rings is 2. The minimum atomic E-state index is 0.134. The van der Waals surface area contributed by atoms with Crippen LogP contribution < -0.4 is 20.1 Å². The smallest absolute Gasteiger partial charge is 0.220 e. The molecule has 1 aliphatic heterocycles. The van der Waals surface area contributed by atoms with Gasteiger partial charge in [-0.25, -0.2) is 9.97 Å². The maximum atomic E-state index is 11.6. The average Bonchev–Trinajstić information content (AvgIpc) is 3.75. The standard InChI is InChI=1S/C40H44Cl2N4O4/c1-49-39-26(8-4-3-7-25-13-17-29(47)23-25)14-18-34(45-39)32-11-5-9-30(37(32)41)31-10-6-12-33(38(31)42)35-19-15-27(40(46-35)50-2)24-43-22-21-28-16-20-36(48)44-28/h5-6,9-12,14-15,18-19,25,28,43H,3-4,7-8,13,16-17,20-24H2,1-2H3,(H,44,48)/t25-,28+/m1/s1. The molecule has 0 spiro atoms. The number of carbonyl (C=O) groups is 2. The van der Waals surface area contributed by atoms with Crippen LogP contribution >= 0.6 is 23.2 Å². The molecule has 262 valence electrons. The molecule has 1 saturated heterocycles. The predicted octanol–water partition coefficient (Wildman–Crippen LogP) is 8.64. The third kappa shape index (κ3) is 8.48. The van der Waals surface area contributed by atoms with Crippen LogP contribution in [-0.4, -0.2) is 48.5 Å². The van der Waals surface area contributed by atoms with Crippen LogP contribution in [0.15, 0.2) is 60.7 Å². The number of ketones is 1. The summed E-state index contributed by atoms with van der Waals surface area (Å²) in [7, 11) is 3.26. The lowest BCUT2D eigenvalue weighted by molar-refractivity contribution is -0.119. The lowest BCUT2D eigenvalue weighted by atomic mass is 9.97. The molecule has 8 nitrogen and oxygen atoms in total. The highest BCUT2D eigenvalue weighted by molar-refractivity contribution is 6.39. The Labute approximate surface area is 304 Å². The van der Waals surface area contributed by atoms with E-state index >= 15 is 0 Å². The second kappa shape index (κ2) is 16.8. The van der Waals surface area contributed by atoms with E-state index in [2.05, 4.69) is 16.7 Å². The summed E-state index contributed by atoms with van der Waals surface area (Å²) in [6, 6.07) is 20.0. The molecule has 2 aromatic carbocycles. The van der Waals surface area contributed by atoms with Crippen LogP contribution in [0, 0.1) is 5.92 Å². The first-order valence-electron chi connectivity index (χ1n) is 17.5.